The zero-order chi connectivity index (χ0) is 32.6. The number of benzene rings is 5. The van der Waals surface area contributed by atoms with Crippen LogP contribution in [-0.2, 0) is 22.6 Å². The van der Waals surface area contributed by atoms with Crippen molar-refractivity contribution in [2.24, 2.45) is 0 Å². The van der Waals surface area contributed by atoms with Crippen LogP contribution in [0.3, 0.4) is 0 Å². The van der Waals surface area contributed by atoms with Crippen molar-refractivity contribution < 1.29 is 29.3 Å². The SMILES string of the molecule is O=C(O)c1ccc(SCC2CC(c3ccc(CO)cc3)OC(c3ccc(-c4cccc(CNC(=O)c5ccccc5)c4)cc3)O2)cc1. The lowest BCUT2D eigenvalue weighted by Gasteiger charge is -2.36. The third-order valence-electron chi connectivity index (χ3n) is 8.08. The van der Waals surface area contributed by atoms with Crippen LogP contribution in [0.25, 0.3) is 11.1 Å². The molecule has 3 atom stereocenters. The van der Waals surface area contributed by atoms with E-state index in [-0.39, 0.29) is 30.3 Å². The number of rotatable bonds is 11. The monoisotopic (exact) mass is 645 g/mol. The van der Waals surface area contributed by atoms with Gasteiger partial charge in [-0.15, -0.1) is 11.8 Å². The number of ether oxygens (including phenoxy) is 2. The molecule has 3 unspecified atom stereocenters. The Labute approximate surface area is 278 Å². The molecule has 1 amide bonds. The van der Waals surface area contributed by atoms with E-state index in [1.807, 2.05) is 84.9 Å². The second-order valence-electron chi connectivity index (χ2n) is 11.4. The maximum absolute atomic E-state index is 12.5. The standard InChI is InChI=1S/C39H35NO6S/c41-24-26-9-11-29(12-10-26)36-22-34(25-47-35-19-17-31(18-20-35)38(43)44)45-39(46-36)32-15-13-28(14-16-32)33-8-4-5-27(21-33)23-40-37(42)30-6-2-1-3-7-30/h1-21,34,36,39,41H,22-25H2,(H,40,42)(H,43,44). The molecule has 0 radical (unpaired) electrons. The first-order chi connectivity index (χ1) is 22.9. The summed E-state index contributed by atoms with van der Waals surface area (Å²) in [6.07, 6.45) is -0.257. The third-order valence-corrected chi connectivity index (χ3v) is 9.23. The number of hydrogen-bond donors (Lipinski definition) is 3. The van der Waals surface area contributed by atoms with Gasteiger partial charge < -0.3 is 25.0 Å². The highest BCUT2D eigenvalue weighted by Crippen LogP contribution is 2.40. The minimum atomic E-state index is -0.946. The van der Waals surface area contributed by atoms with Crippen LogP contribution in [0.2, 0.25) is 0 Å². The molecule has 0 spiro atoms. The molecule has 7 nitrogen and oxygen atoms in total. The van der Waals surface area contributed by atoms with Crippen LogP contribution in [-0.4, -0.2) is 33.9 Å². The Morgan fingerprint density at radius 3 is 2.15 bits per heavy atom. The quantitative estimate of drug-likeness (QED) is 0.126. The molecule has 238 valence electrons. The molecule has 8 heteroatoms. The van der Waals surface area contributed by atoms with Crippen molar-refractivity contribution >= 4 is 23.6 Å². The van der Waals surface area contributed by atoms with Gasteiger partial charge in [0, 0.05) is 34.7 Å². The number of aromatic carboxylic acids is 1. The summed E-state index contributed by atoms with van der Waals surface area (Å²) in [5, 5.41) is 21.7. The highest BCUT2D eigenvalue weighted by molar-refractivity contribution is 7.99. The van der Waals surface area contributed by atoms with Crippen LogP contribution in [0.4, 0.5) is 0 Å². The van der Waals surface area contributed by atoms with E-state index in [9.17, 15) is 19.8 Å². The highest BCUT2D eigenvalue weighted by Gasteiger charge is 2.32. The lowest BCUT2D eigenvalue weighted by Crippen LogP contribution is -2.31. The van der Waals surface area contributed by atoms with Gasteiger partial charge in [-0.05, 0) is 70.3 Å². The summed E-state index contributed by atoms with van der Waals surface area (Å²) >= 11 is 1.62. The van der Waals surface area contributed by atoms with Crippen LogP contribution >= 0.6 is 11.8 Å². The largest absolute Gasteiger partial charge is 0.478 e. The van der Waals surface area contributed by atoms with Gasteiger partial charge >= 0.3 is 5.97 Å². The summed E-state index contributed by atoms with van der Waals surface area (Å²) in [5.41, 5.74) is 6.73. The topological polar surface area (TPSA) is 105 Å². The van der Waals surface area contributed by atoms with E-state index in [2.05, 4.69) is 23.5 Å². The Hall–Kier alpha value is -4.73. The number of amides is 1. The van der Waals surface area contributed by atoms with E-state index in [0.29, 0.717) is 24.3 Å². The smallest absolute Gasteiger partial charge is 0.335 e. The minimum absolute atomic E-state index is 0.0188. The fourth-order valence-corrected chi connectivity index (χ4v) is 6.39. The molecule has 0 bridgehead atoms. The molecular formula is C39H35NO6S. The van der Waals surface area contributed by atoms with E-state index >= 15 is 0 Å². The van der Waals surface area contributed by atoms with Crippen molar-refractivity contribution in [2.75, 3.05) is 5.75 Å². The number of carbonyl (C=O) groups is 2. The number of aliphatic hydroxyl groups excluding tert-OH is 1. The highest BCUT2D eigenvalue weighted by atomic mass is 32.2. The Morgan fingerprint density at radius 1 is 0.723 bits per heavy atom. The summed E-state index contributed by atoms with van der Waals surface area (Å²) in [5.74, 6) is -0.384. The van der Waals surface area contributed by atoms with E-state index in [1.165, 1.54) is 0 Å². The van der Waals surface area contributed by atoms with Gasteiger partial charge in [0.25, 0.3) is 5.91 Å². The predicted molar refractivity (Wildman–Crippen MR) is 182 cm³/mol. The molecule has 6 rings (SSSR count). The zero-order valence-electron chi connectivity index (χ0n) is 25.6. The zero-order valence-corrected chi connectivity index (χ0v) is 26.4. The van der Waals surface area contributed by atoms with Crippen LogP contribution < -0.4 is 5.32 Å². The molecule has 0 aliphatic carbocycles. The van der Waals surface area contributed by atoms with E-state index < -0.39 is 12.3 Å². The first-order valence-corrected chi connectivity index (χ1v) is 16.4. The molecule has 0 saturated carbocycles. The maximum atomic E-state index is 12.5. The van der Waals surface area contributed by atoms with Gasteiger partial charge in [-0.25, -0.2) is 4.79 Å². The Kier molecular flexibility index (Phi) is 10.4. The second kappa shape index (κ2) is 15.2. The lowest BCUT2D eigenvalue weighted by molar-refractivity contribution is -0.245. The number of aliphatic hydroxyl groups is 1. The fraction of sp³-hybridized carbons (Fsp3) is 0.179. The molecule has 0 aromatic heterocycles. The molecule has 3 N–H and O–H groups in total. The molecule has 1 fully saturated rings. The number of nitrogens with one attached hydrogen (secondary N) is 1. The molecule has 1 heterocycles. The van der Waals surface area contributed by atoms with Crippen LogP contribution in [0, 0.1) is 0 Å². The van der Waals surface area contributed by atoms with Crippen molar-refractivity contribution in [3.05, 3.63) is 161 Å². The average Bonchev–Trinajstić information content (AvgIpc) is 3.13. The van der Waals surface area contributed by atoms with E-state index in [4.69, 9.17) is 9.47 Å². The summed E-state index contributed by atoms with van der Waals surface area (Å²) < 4.78 is 13.0. The van der Waals surface area contributed by atoms with Crippen molar-refractivity contribution in [3.8, 4) is 11.1 Å². The van der Waals surface area contributed by atoms with Gasteiger partial charge in [0.05, 0.1) is 24.4 Å². The molecular weight excluding hydrogens is 610 g/mol. The Morgan fingerprint density at radius 2 is 1.45 bits per heavy atom. The average molecular weight is 646 g/mol. The van der Waals surface area contributed by atoms with Gasteiger partial charge in [0.15, 0.2) is 6.29 Å². The summed E-state index contributed by atoms with van der Waals surface area (Å²) in [4.78, 5) is 24.7. The molecule has 47 heavy (non-hydrogen) atoms. The normalized spacial score (nSPS) is 17.6. The number of thioether (sulfide) groups is 1. The number of carbonyl (C=O) groups excluding carboxylic acids is 1. The van der Waals surface area contributed by atoms with Gasteiger partial charge in [-0.1, -0.05) is 84.9 Å². The molecule has 5 aromatic carbocycles. The number of hydrogen-bond acceptors (Lipinski definition) is 6. The van der Waals surface area contributed by atoms with Gasteiger partial charge in [0.2, 0.25) is 0 Å². The number of carboxylic acids is 1. The summed E-state index contributed by atoms with van der Waals surface area (Å²) in [7, 11) is 0. The van der Waals surface area contributed by atoms with Gasteiger partial charge in [-0.2, -0.15) is 0 Å². The lowest BCUT2D eigenvalue weighted by atomic mass is 9.99. The molecule has 1 aliphatic rings. The Balaban J connectivity index is 1.15. The predicted octanol–water partition coefficient (Wildman–Crippen LogP) is 7.81. The first-order valence-electron chi connectivity index (χ1n) is 15.4. The van der Waals surface area contributed by atoms with Crippen molar-refractivity contribution in [1.29, 1.82) is 0 Å². The number of carboxylic acid groups (broad SMARTS) is 1. The first kappa shape index (κ1) is 32.2. The maximum Gasteiger partial charge on any atom is 0.335 e. The van der Waals surface area contributed by atoms with E-state index in [1.54, 1.807) is 36.0 Å². The van der Waals surface area contributed by atoms with Crippen molar-refractivity contribution in [3.63, 3.8) is 0 Å². The van der Waals surface area contributed by atoms with Crippen molar-refractivity contribution in [1.82, 2.24) is 5.32 Å². The summed E-state index contributed by atoms with van der Waals surface area (Å²) in [6, 6.07) is 40.1. The van der Waals surface area contributed by atoms with Crippen LogP contribution in [0.5, 0.6) is 0 Å². The summed E-state index contributed by atoms with van der Waals surface area (Å²) in [6.45, 7) is 0.405. The van der Waals surface area contributed by atoms with E-state index in [0.717, 1.165) is 38.3 Å². The molecule has 5 aromatic rings. The molecule has 1 aliphatic heterocycles. The van der Waals surface area contributed by atoms with Crippen molar-refractivity contribution in [2.45, 2.75) is 43.0 Å². The second-order valence-corrected chi connectivity index (χ2v) is 12.5. The fourth-order valence-electron chi connectivity index (χ4n) is 5.47. The Bertz CT molecular complexity index is 1790. The third kappa shape index (κ3) is 8.36. The minimum Gasteiger partial charge on any atom is -0.478 e. The van der Waals surface area contributed by atoms with Gasteiger partial charge in [0.1, 0.15) is 0 Å². The van der Waals surface area contributed by atoms with Gasteiger partial charge in [-0.3, -0.25) is 4.79 Å². The van der Waals surface area contributed by atoms with Crippen LogP contribution in [0.1, 0.15) is 61.8 Å². The van der Waals surface area contributed by atoms with Crippen LogP contribution in [0.15, 0.2) is 132 Å². The molecule has 1 saturated heterocycles.